The molecule has 84 valence electrons. The van der Waals surface area contributed by atoms with Crippen LogP contribution in [-0.2, 0) is 4.79 Å². The molecule has 0 bridgehead atoms. The minimum Gasteiger partial charge on any atom is -0.354 e. The number of carbonyl (C=O) groups is 1. The summed E-state index contributed by atoms with van der Waals surface area (Å²) in [6.07, 6.45) is 6.51. The predicted octanol–water partition coefficient (Wildman–Crippen LogP) is 1.07. The van der Waals surface area contributed by atoms with Gasteiger partial charge >= 0.3 is 0 Å². The topological polar surface area (TPSA) is 41.1 Å². The molecule has 0 aromatic rings. The van der Waals surface area contributed by atoms with Crippen LogP contribution >= 0.6 is 0 Å². The highest BCUT2D eigenvalue weighted by atomic mass is 16.2. The Hall–Kier alpha value is -0.830. The van der Waals surface area contributed by atoms with E-state index in [0.29, 0.717) is 5.92 Å². The lowest BCUT2D eigenvalue weighted by molar-refractivity contribution is -0.123. The molecule has 1 saturated carbocycles. The molecule has 3 unspecified atom stereocenters. The number of nitrogens with one attached hydrogen (secondary N) is 2. The minimum atomic E-state index is 0.0716. The maximum absolute atomic E-state index is 11.9. The second-order valence-corrected chi connectivity index (χ2v) is 4.61. The molecule has 0 aromatic carbocycles. The highest BCUT2D eigenvalue weighted by Crippen LogP contribution is 2.37. The molecule has 3 heteroatoms. The van der Waals surface area contributed by atoms with Crippen molar-refractivity contribution in [2.24, 2.45) is 11.8 Å². The quantitative estimate of drug-likeness (QED) is 0.536. The zero-order valence-corrected chi connectivity index (χ0v) is 9.17. The summed E-state index contributed by atoms with van der Waals surface area (Å²) in [6, 6.07) is 0.0716. The number of amides is 1. The van der Waals surface area contributed by atoms with E-state index < -0.39 is 0 Å². The van der Waals surface area contributed by atoms with Crippen LogP contribution in [0, 0.1) is 11.8 Å². The average Bonchev–Trinajstić information content (AvgIpc) is 2.78. The van der Waals surface area contributed by atoms with Crippen LogP contribution in [0.5, 0.6) is 0 Å². The summed E-state index contributed by atoms with van der Waals surface area (Å²) in [5, 5.41) is 6.31. The van der Waals surface area contributed by atoms with Crippen molar-refractivity contribution in [3.8, 4) is 0 Å². The lowest BCUT2D eigenvalue weighted by Gasteiger charge is -2.17. The van der Waals surface area contributed by atoms with Crippen LogP contribution < -0.4 is 10.6 Å². The van der Waals surface area contributed by atoms with Gasteiger partial charge in [0, 0.05) is 6.54 Å². The molecule has 1 saturated heterocycles. The molecular formula is C12H20N2O. The third-order valence-corrected chi connectivity index (χ3v) is 3.68. The van der Waals surface area contributed by atoms with Gasteiger partial charge in [0.25, 0.3) is 0 Å². The van der Waals surface area contributed by atoms with Crippen molar-refractivity contribution in [2.75, 3.05) is 13.1 Å². The molecule has 2 rings (SSSR count). The van der Waals surface area contributed by atoms with Gasteiger partial charge < -0.3 is 10.6 Å². The van der Waals surface area contributed by atoms with Crippen molar-refractivity contribution in [1.29, 1.82) is 0 Å². The zero-order chi connectivity index (χ0) is 10.7. The van der Waals surface area contributed by atoms with Crippen molar-refractivity contribution in [1.82, 2.24) is 10.6 Å². The molecule has 2 fully saturated rings. The number of carbonyl (C=O) groups excluding carboxylic acids is 1. The maximum Gasteiger partial charge on any atom is 0.237 e. The summed E-state index contributed by atoms with van der Waals surface area (Å²) < 4.78 is 0. The Bertz CT molecular complexity index is 252. The summed E-state index contributed by atoms with van der Waals surface area (Å²) in [4.78, 5) is 11.9. The van der Waals surface area contributed by atoms with Crippen molar-refractivity contribution < 1.29 is 4.79 Å². The number of rotatable bonds is 4. The third kappa shape index (κ3) is 2.23. The Kier molecular flexibility index (Phi) is 3.41. The van der Waals surface area contributed by atoms with E-state index in [-0.39, 0.29) is 11.9 Å². The van der Waals surface area contributed by atoms with Crippen molar-refractivity contribution in [2.45, 2.75) is 31.7 Å². The molecular weight excluding hydrogens is 188 g/mol. The van der Waals surface area contributed by atoms with E-state index in [1.807, 2.05) is 6.08 Å². The molecule has 0 radical (unpaired) electrons. The van der Waals surface area contributed by atoms with Gasteiger partial charge in [-0.15, -0.1) is 6.58 Å². The molecule has 0 spiro atoms. The van der Waals surface area contributed by atoms with Gasteiger partial charge in [0.1, 0.15) is 0 Å². The van der Waals surface area contributed by atoms with Crippen LogP contribution in [0.1, 0.15) is 25.7 Å². The zero-order valence-electron chi connectivity index (χ0n) is 9.17. The molecule has 2 aliphatic rings. The summed E-state index contributed by atoms with van der Waals surface area (Å²) in [5.41, 5.74) is 0. The number of fused-ring (bicyclic) bond motifs is 1. The average molecular weight is 208 g/mol. The first-order valence-corrected chi connectivity index (χ1v) is 5.95. The van der Waals surface area contributed by atoms with Gasteiger partial charge in [-0.1, -0.05) is 12.5 Å². The van der Waals surface area contributed by atoms with E-state index in [1.54, 1.807) is 0 Å². The lowest BCUT2D eigenvalue weighted by Crippen LogP contribution is -2.44. The van der Waals surface area contributed by atoms with Gasteiger partial charge in [0.2, 0.25) is 5.91 Å². The fourth-order valence-electron chi connectivity index (χ4n) is 2.88. The smallest absolute Gasteiger partial charge is 0.237 e. The van der Waals surface area contributed by atoms with E-state index >= 15 is 0 Å². The summed E-state index contributed by atoms with van der Waals surface area (Å²) >= 11 is 0. The van der Waals surface area contributed by atoms with E-state index in [0.717, 1.165) is 25.4 Å². The highest BCUT2D eigenvalue weighted by molar-refractivity contribution is 5.82. The number of hydrogen-bond acceptors (Lipinski definition) is 2. The Balaban J connectivity index is 1.82. The van der Waals surface area contributed by atoms with Crippen LogP contribution in [0.15, 0.2) is 12.7 Å². The largest absolute Gasteiger partial charge is 0.354 e. The molecule has 1 aliphatic carbocycles. The minimum absolute atomic E-state index is 0.0716. The normalized spacial score (nSPS) is 33.7. The van der Waals surface area contributed by atoms with Gasteiger partial charge in [-0.05, 0) is 37.6 Å². The SMILES string of the molecule is C=CCCNC(=O)C1NCC2CCCC21. The van der Waals surface area contributed by atoms with Gasteiger partial charge in [0.15, 0.2) is 0 Å². The van der Waals surface area contributed by atoms with E-state index in [4.69, 9.17) is 0 Å². The monoisotopic (exact) mass is 208 g/mol. The van der Waals surface area contributed by atoms with E-state index in [9.17, 15) is 4.79 Å². The van der Waals surface area contributed by atoms with Gasteiger partial charge in [-0.25, -0.2) is 0 Å². The molecule has 1 amide bonds. The van der Waals surface area contributed by atoms with E-state index in [1.165, 1.54) is 19.3 Å². The maximum atomic E-state index is 11.9. The molecule has 3 atom stereocenters. The van der Waals surface area contributed by atoms with Gasteiger partial charge in [-0.2, -0.15) is 0 Å². The first-order chi connectivity index (χ1) is 7.33. The molecule has 0 aromatic heterocycles. The van der Waals surface area contributed by atoms with Crippen molar-refractivity contribution >= 4 is 5.91 Å². The highest BCUT2D eigenvalue weighted by Gasteiger charge is 2.42. The molecule has 15 heavy (non-hydrogen) atoms. The van der Waals surface area contributed by atoms with Crippen LogP contribution in [0.2, 0.25) is 0 Å². The predicted molar refractivity (Wildman–Crippen MR) is 60.4 cm³/mol. The molecule has 2 N–H and O–H groups in total. The molecule has 3 nitrogen and oxygen atoms in total. The Morgan fingerprint density at radius 1 is 1.53 bits per heavy atom. The molecule has 1 aliphatic heterocycles. The van der Waals surface area contributed by atoms with Crippen molar-refractivity contribution in [3.63, 3.8) is 0 Å². The second-order valence-electron chi connectivity index (χ2n) is 4.61. The summed E-state index contributed by atoms with van der Waals surface area (Å²) in [6.45, 7) is 5.39. The van der Waals surface area contributed by atoms with Crippen LogP contribution in [-0.4, -0.2) is 25.0 Å². The third-order valence-electron chi connectivity index (χ3n) is 3.68. The fraction of sp³-hybridized carbons (Fsp3) is 0.750. The Morgan fingerprint density at radius 2 is 2.40 bits per heavy atom. The first-order valence-electron chi connectivity index (χ1n) is 5.95. The number of hydrogen-bond donors (Lipinski definition) is 2. The lowest BCUT2D eigenvalue weighted by atomic mass is 9.93. The summed E-state index contributed by atoms with van der Waals surface area (Å²) in [5.74, 6) is 1.53. The van der Waals surface area contributed by atoms with Crippen LogP contribution in [0.3, 0.4) is 0 Å². The summed E-state index contributed by atoms with van der Waals surface area (Å²) in [7, 11) is 0. The van der Waals surface area contributed by atoms with E-state index in [2.05, 4.69) is 17.2 Å². The first kappa shape index (κ1) is 10.7. The fourth-order valence-corrected chi connectivity index (χ4v) is 2.88. The Morgan fingerprint density at radius 3 is 3.20 bits per heavy atom. The Labute approximate surface area is 91.3 Å². The van der Waals surface area contributed by atoms with Crippen LogP contribution in [0.25, 0.3) is 0 Å². The van der Waals surface area contributed by atoms with Gasteiger partial charge in [-0.3, -0.25) is 4.79 Å². The standard InChI is InChI=1S/C12H20N2O/c1-2-3-7-13-12(15)11-10-6-4-5-9(10)8-14-11/h2,9-11,14H,1,3-8H2,(H,13,15). The van der Waals surface area contributed by atoms with Crippen molar-refractivity contribution in [3.05, 3.63) is 12.7 Å². The molecule has 1 heterocycles. The second kappa shape index (κ2) is 4.79. The van der Waals surface area contributed by atoms with Crippen LogP contribution in [0.4, 0.5) is 0 Å². The van der Waals surface area contributed by atoms with Gasteiger partial charge in [0.05, 0.1) is 6.04 Å².